The van der Waals surface area contributed by atoms with E-state index >= 15 is 0 Å². The fourth-order valence-electron chi connectivity index (χ4n) is 3.30. The van der Waals surface area contributed by atoms with Crippen LogP contribution in [0.4, 0.5) is 0 Å². The largest absolute Gasteiger partial charge is 0.484 e. The highest BCUT2D eigenvalue weighted by molar-refractivity contribution is 6.30. The maximum atomic E-state index is 12.2. The van der Waals surface area contributed by atoms with Gasteiger partial charge < -0.3 is 14.8 Å². The van der Waals surface area contributed by atoms with Crippen LogP contribution in [0, 0.1) is 0 Å². The maximum absolute atomic E-state index is 12.2. The van der Waals surface area contributed by atoms with Gasteiger partial charge in [0, 0.05) is 17.8 Å². The topological polar surface area (TPSA) is 65.4 Å². The fraction of sp³-hybridized carbons (Fsp3) is 0.273. The van der Waals surface area contributed by atoms with Crippen LogP contribution in [0.1, 0.15) is 22.9 Å². The molecule has 7 heteroatoms. The Morgan fingerprint density at radius 1 is 1.24 bits per heavy atom. The van der Waals surface area contributed by atoms with Crippen molar-refractivity contribution in [3.8, 4) is 5.75 Å². The Bertz CT molecular complexity index is 974. The lowest BCUT2D eigenvalue weighted by Crippen LogP contribution is -2.34. The van der Waals surface area contributed by atoms with Crippen molar-refractivity contribution in [3.63, 3.8) is 0 Å². The molecule has 0 bridgehead atoms. The molecule has 1 N–H and O–H groups in total. The van der Waals surface area contributed by atoms with E-state index in [1.165, 1.54) is 11.1 Å². The first-order chi connectivity index (χ1) is 14.2. The average molecular weight is 412 g/mol. The number of benzene rings is 2. The van der Waals surface area contributed by atoms with Gasteiger partial charge in [0.15, 0.2) is 6.61 Å². The van der Waals surface area contributed by atoms with E-state index in [-0.39, 0.29) is 18.6 Å². The Labute approximate surface area is 174 Å². The molecule has 0 saturated heterocycles. The lowest BCUT2D eigenvalue weighted by Gasteiger charge is -2.22. The summed E-state index contributed by atoms with van der Waals surface area (Å²) in [5.41, 5.74) is 3.25. The summed E-state index contributed by atoms with van der Waals surface area (Å²) in [6.45, 7) is 1.60. The zero-order valence-electron chi connectivity index (χ0n) is 15.9. The number of carbonyl (C=O) groups is 1. The van der Waals surface area contributed by atoms with Crippen LogP contribution in [-0.4, -0.2) is 35.4 Å². The van der Waals surface area contributed by atoms with E-state index in [0.29, 0.717) is 30.5 Å². The number of carbonyl (C=O) groups excluding carboxylic acids is 1. The number of aromatic nitrogens is 2. The molecule has 1 amide bonds. The molecule has 0 aliphatic carbocycles. The summed E-state index contributed by atoms with van der Waals surface area (Å²) in [7, 11) is 0. The van der Waals surface area contributed by atoms with Gasteiger partial charge in [-0.3, -0.25) is 9.48 Å². The van der Waals surface area contributed by atoms with Crippen LogP contribution < -0.4 is 10.1 Å². The van der Waals surface area contributed by atoms with Gasteiger partial charge in [-0.05, 0) is 35.7 Å². The van der Waals surface area contributed by atoms with Gasteiger partial charge in [0.05, 0.1) is 18.8 Å². The van der Waals surface area contributed by atoms with Crippen molar-refractivity contribution in [1.29, 1.82) is 0 Å². The number of halogens is 1. The predicted octanol–water partition coefficient (Wildman–Crippen LogP) is 3.39. The molecular formula is C22H22ClN3O3. The minimum Gasteiger partial charge on any atom is -0.484 e. The number of rotatable bonds is 7. The second-order valence-electron chi connectivity index (χ2n) is 6.88. The van der Waals surface area contributed by atoms with Gasteiger partial charge in [0.1, 0.15) is 11.9 Å². The van der Waals surface area contributed by atoms with E-state index in [4.69, 9.17) is 26.2 Å². The summed E-state index contributed by atoms with van der Waals surface area (Å²) in [6, 6.07) is 17.2. The normalized spacial score (nSPS) is 15.6. The van der Waals surface area contributed by atoms with Gasteiger partial charge in [-0.15, -0.1) is 0 Å². The van der Waals surface area contributed by atoms with Crippen molar-refractivity contribution >= 4 is 17.5 Å². The van der Waals surface area contributed by atoms with Crippen molar-refractivity contribution < 1.29 is 14.3 Å². The number of nitrogens with zero attached hydrogens (tertiary/aromatic N) is 2. The van der Waals surface area contributed by atoms with E-state index in [1.54, 1.807) is 24.3 Å². The molecule has 2 heterocycles. The highest BCUT2D eigenvalue weighted by atomic mass is 35.5. The van der Waals surface area contributed by atoms with Gasteiger partial charge >= 0.3 is 0 Å². The first-order valence-corrected chi connectivity index (χ1v) is 9.92. The zero-order chi connectivity index (χ0) is 20.1. The third-order valence-corrected chi connectivity index (χ3v) is 4.94. The molecule has 150 valence electrons. The van der Waals surface area contributed by atoms with Crippen molar-refractivity contribution in [3.05, 3.63) is 82.6 Å². The van der Waals surface area contributed by atoms with Crippen LogP contribution in [0.15, 0.2) is 60.8 Å². The van der Waals surface area contributed by atoms with Gasteiger partial charge in [-0.25, -0.2) is 0 Å². The highest BCUT2D eigenvalue weighted by Gasteiger charge is 2.25. The number of hydrogen-bond donors (Lipinski definition) is 1. The Balaban J connectivity index is 1.32. The lowest BCUT2D eigenvalue weighted by atomic mass is 10.1. The van der Waals surface area contributed by atoms with Gasteiger partial charge in [0.2, 0.25) is 0 Å². The van der Waals surface area contributed by atoms with Crippen molar-refractivity contribution in [2.45, 2.75) is 19.1 Å². The summed E-state index contributed by atoms with van der Waals surface area (Å²) in [5.74, 6) is 0.341. The Hall–Kier alpha value is -2.83. The molecule has 0 radical (unpaired) electrons. The lowest BCUT2D eigenvalue weighted by molar-refractivity contribution is -0.123. The number of ether oxygens (including phenoxy) is 2. The molecule has 3 aromatic rings. The molecule has 0 spiro atoms. The summed E-state index contributed by atoms with van der Waals surface area (Å²) < 4.78 is 13.3. The van der Waals surface area contributed by atoms with Gasteiger partial charge in [0.25, 0.3) is 5.91 Å². The fourth-order valence-corrected chi connectivity index (χ4v) is 3.48. The standard InChI is InChI=1S/C22H22ClN3O3/c23-18-7-4-8-19(11-18)29-15-21(27)24-12-20-22-17(9-10-28-20)14-26(25-22)13-16-5-2-1-3-6-16/h1-8,11,14,20H,9-10,12-13,15H2,(H,24,27)/t20-/m1/s1. The van der Waals surface area contributed by atoms with Crippen molar-refractivity contribution in [2.24, 2.45) is 0 Å². The molecule has 0 fully saturated rings. The number of nitrogens with one attached hydrogen (secondary N) is 1. The van der Waals surface area contributed by atoms with Crippen LogP contribution in [0.25, 0.3) is 0 Å². The van der Waals surface area contributed by atoms with Crippen LogP contribution in [-0.2, 0) is 22.5 Å². The van der Waals surface area contributed by atoms with Crippen LogP contribution in [0.3, 0.4) is 0 Å². The molecule has 6 nitrogen and oxygen atoms in total. The molecule has 1 atom stereocenters. The summed E-state index contributed by atoms with van der Waals surface area (Å²) in [4.78, 5) is 12.2. The smallest absolute Gasteiger partial charge is 0.258 e. The molecule has 1 aliphatic heterocycles. The maximum Gasteiger partial charge on any atom is 0.258 e. The van der Waals surface area contributed by atoms with E-state index < -0.39 is 0 Å². The predicted molar refractivity (Wildman–Crippen MR) is 110 cm³/mol. The first kappa shape index (κ1) is 19.5. The molecule has 4 rings (SSSR count). The summed E-state index contributed by atoms with van der Waals surface area (Å²) >= 11 is 5.92. The minimum atomic E-state index is -0.258. The Kier molecular flexibility index (Phi) is 6.12. The SMILES string of the molecule is O=C(COc1cccc(Cl)c1)NC[C@H]1OCCc2cn(Cc3ccccc3)nc21. The van der Waals surface area contributed by atoms with E-state index in [1.807, 2.05) is 22.9 Å². The average Bonchev–Trinajstić information content (AvgIpc) is 3.14. The molecule has 0 saturated carbocycles. The molecule has 1 aromatic heterocycles. The number of hydrogen-bond acceptors (Lipinski definition) is 4. The monoisotopic (exact) mass is 411 g/mol. The molecule has 1 aliphatic rings. The second kappa shape index (κ2) is 9.11. The third kappa shape index (κ3) is 5.16. The van der Waals surface area contributed by atoms with E-state index in [2.05, 4.69) is 23.6 Å². The summed E-state index contributed by atoms with van der Waals surface area (Å²) in [5, 5.41) is 8.14. The molecule has 0 unspecified atom stereocenters. The zero-order valence-corrected chi connectivity index (χ0v) is 16.6. The number of fused-ring (bicyclic) bond motifs is 1. The quantitative estimate of drug-likeness (QED) is 0.647. The van der Waals surface area contributed by atoms with Crippen molar-refractivity contribution in [1.82, 2.24) is 15.1 Å². The van der Waals surface area contributed by atoms with Crippen molar-refractivity contribution in [2.75, 3.05) is 19.8 Å². The van der Waals surface area contributed by atoms with Gasteiger partial charge in [-0.2, -0.15) is 5.10 Å². The van der Waals surface area contributed by atoms with Crippen LogP contribution in [0.2, 0.25) is 5.02 Å². The Morgan fingerprint density at radius 2 is 2.10 bits per heavy atom. The molecule has 2 aromatic carbocycles. The molecular weight excluding hydrogens is 390 g/mol. The molecule has 29 heavy (non-hydrogen) atoms. The van der Waals surface area contributed by atoms with E-state index in [9.17, 15) is 4.79 Å². The van der Waals surface area contributed by atoms with Crippen LogP contribution >= 0.6 is 11.6 Å². The minimum absolute atomic E-state index is 0.0810. The second-order valence-corrected chi connectivity index (χ2v) is 7.32. The Morgan fingerprint density at radius 3 is 2.93 bits per heavy atom. The van der Waals surface area contributed by atoms with E-state index in [0.717, 1.165) is 12.1 Å². The van der Waals surface area contributed by atoms with Gasteiger partial charge in [-0.1, -0.05) is 48.0 Å². The number of amides is 1. The third-order valence-electron chi connectivity index (χ3n) is 4.70. The summed E-state index contributed by atoms with van der Waals surface area (Å²) in [6.07, 6.45) is 2.64. The van der Waals surface area contributed by atoms with Crippen LogP contribution in [0.5, 0.6) is 5.75 Å². The highest BCUT2D eigenvalue weighted by Crippen LogP contribution is 2.25. The first-order valence-electron chi connectivity index (χ1n) is 9.54.